The van der Waals surface area contributed by atoms with Gasteiger partial charge in [0, 0.05) is 19.1 Å². The third kappa shape index (κ3) is 3.63. The first kappa shape index (κ1) is 14.5. The van der Waals surface area contributed by atoms with Crippen molar-refractivity contribution in [2.24, 2.45) is 5.92 Å². The lowest BCUT2D eigenvalue weighted by Gasteiger charge is -2.35. The predicted molar refractivity (Wildman–Crippen MR) is 82.4 cm³/mol. The van der Waals surface area contributed by atoms with E-state index in [-0.39, 0.29) is 0 Å². The van der Waals surface area contributed by atoms with Crippen LogP contribution in [0.5, 0.6) is 0 Å². The number of rotatable bonds is 4. The van der Waals surface area contributed by atoms with E-state index in [0.29, 0.717) is 11.6 Å². The fourth-order valence-corrected chi connectivity index (χ4v) is 3.69. The van der Waals surface area contributed by atoms with Crippen LogP contribution in [0.25, 0.3) is 0 Å². The van der Waals surface area contributed by atoms with Crippen LogP contribution in [0, 0.1) is 5.92 Å². The highest BCUT2D eigenvalue weighted by Gasteiger charge is 2.28. The summed E-state index contributed by atoms with van der Waals surface area (Å²) in [6.45, 7) is 4.43. The monoisotopic (exact) mass is 288 g/mol. The highest BCUT2D eigenvalue weighted by atomic mass is 16.4. The standard InChI is InChI=1S/C17H24N2O2/c20-17(21)14-7-5-13(6-8-14)11-19-10-2-3-15(12-19)16-4-1-9-18-16/h5-8,15-16,18H,1-4,9-12H2,(H,20,21). The van der Waals surface area contributed by atoms with E-state index in [4.69, 9.17) is 5.11 Å². The molecule has 2 aliphatic rings. The minimum absolute atomic E-state index is 0.366. The molecule has 1 aromatic rings. The smallest absolute Gasteiger partial charge is 0.335 e. The maximum atomic E-state index is 10.9. The van der Waals surface area contributed by atoms with E-state index in [0.717, 1.165) is 19.0 Å². The van der Waals surface area contributed by atoms with Crippen molar-refractivity contribution in [2.45, 2.75) is 38.3 Å². The highest BCUT2D eigenvalue weighted by molar-refractivity contribution is 5.87. The molecule has 0 amide bonds. The number of nitrogens with one attached hydrogen (secondary N) is 1. The molecule has 2 unspecified atom stereocenters. The van der Waals surface area contributed by atoms with Crippen LogP contribution in [0.1, 0.15) is 41.6 Å². The van der Waals surface area contributed by atoms with E-state index >= 15 is 0 Å². The van der Waals surface area contributed by atoms with E-state index in [2.05, 4.69) is 10.2 Å². The summed E-state index contributed by atoms with van der Waals surface area (Å²) < 4.78 is 0. The molecule has 2 N–H and O–H groups in total. The quantitative estimate of drug-likeness (QED) is 0.893. The van der Waals surface area contributed by atoms with Crippen molar-refractivity contribution in [2.75, 3.05) is 19.6 Å². The second-order valence-corrected chi connectivity index (χ2v) is 6.34. The Kier molecular flexibility index (Phi) is 4.56. The van der Waals surface area contributed by atoms with E-state index < -0.39 is 5.97 Å². The lowest BCUT2D eigenvalue weighted by Crippen LogP contribution is -2.43. The minimum atomic E-state index is -0.855. The number of carboxylic acids is 1. The molecule has 0 bridgehead atoms. The van der Waals surface area contributed by atoms with Gasteiger partial charge in [-0.15, -0.1) is 0 Å². The average Bonchev–Trinajstić information content (AvgIpc) is 3.02. The minimum Gasteiger partial charge on any atom is -0.478 e. The van der Waals surface area contributed by atoms with Gasteiger partial charge in [0.1, 0.15) is 0 Å². The molecule has 2 aliphatic heterocycles. The summed E-state index contributed by atoms with van der Waals surface area (Å²) >= 11 is 0. The molecule has 2 heterocycles. The Labute approximate surface area is 126 Å². The van der Waals surface area contributed by atoms with E-state index in [9.17, 15) is 4.79 Å². The predicted octanol–water partition coefficient (Wildman–Crippen LogP) is 2.35. The van der Waals surface area contributed by atoms with Gasteiger partial charge in [-0.05, 0) is 62.4 Å². The number of carbonyl (C=O) groups is 1. The van der Waals surface area contributed by atoms with Gasteiger partial charge in [-0.1, -0.05) is 12.1 Å². The lowest BCUT2D eigenvalue weighted by atomic mass is 9.89. The van der Waals surface area contributed by atoms with Crippen LogP contribution >= 0.6 is 0 Å². The van der Waals surface area contributed by atoms with Gasteiger partial charge in [-0.25, -0.2) is 4.79 Å². The molecular formula is C17H24N2O2. The summed E-state index contributed by atoms with van der Waals surface area (Å²) in [5, 5.41) is 12.6. The molecule has 0 spiro atoms. The van der Waals surface area contributed by atoms with Crippen molar-refractivity contribution in [1.29, 1.82) is 0 Å². The molecule has 3 rings (SSSR count). The lowest BCUT2D eigenvalue weighted by molar-refractivity contribution is 0.0697. The first-order valence-corrected chi connectivity index (χ1v) is 8.00. The molecule has 1 aromatic carbocycles. The van der Waals surface area contributed by atoms with E-state index in [1.54, 1.807) is 12.1 Å². The van der Waals surface area contributed by atoms with Gasteiger partial charge in [0.05, 0.1) is 5.56 Å². The van der Waals surface area contributed by atoms with E-state index in [1.807, 2.05) is 12.1 Å². The van der Waals surface area contributed by atoms with Crippen molar-refractivity contribution in [3.05, 3.63) is 35.4 Å². The van der Waals surface area contributed by atoms with Gasteiger partial charge in [0.15, 0.2) is 0 Å². The van der Waals surface area contributed by atoms with Crippen molar-refractivity contribution in [1.82, 2.24) is 10.2 Å². The highest BCUT2D eigenvalue weighted by Crippen LogP contribution is 2.25. The fourth-order valence-electron chi connectivity index (χ4n) is 3.69. The van der Waals surface area contributed by atoms with Gasteiger partial charge >= 0.3 is 5.97 Å². The van der Waals surface area contributed by atoms with Gasteiger partial charge in [-0.3, -0.25) is 4.90 Å². The number of piperidine rings is 1. The van der Waals surface area contributed by atoms with Crippen LogP contribution in [0.2, 0.25) is 0 Å². The number of aromatic carboxylic acids is 1. The van der Waals surface area contributed by atoms with Crippen LogP contribution in [0.4, 0.5) is 0 Å². The van der Waals surface area contributed by atoms with E-state index in [1.165, 1.54) is 44.3 Å². The second-order valence-electron chi connectivity index (χ2n) is 6.34. The summed E-state index contributed by atoms with van der Waals surface area (Å²) in [5.74, 6) is -0.0774. The average molecular weight is 288 g/mol. The van der Waals surface area contributed by atoms with Crippen LogP contribution < -0.4 is 5.32 Å². The number of nitrogens with zero attached hydrogens (tertiary/aromatic N) is 1. The molecule has 0 saturated carbocycles. The largest absolute Gasteiger partial charge is 0.478 e. The van der Waals surface area contributed by atoms with Gasteiger partial charge in [0.2, 0.25) is 0 Å². The number of likely N-dealkylation sites (tertiary alicyclic amines) is 1. The Morgan fingerprint density at radius 2 is 2.05 bits per heavy atom. The van der Waals surface area contributed by atoms with Crippen LogP contribution in [0.3, 0.4) is 0 Å². The van der Waals surface area contributed by atoms with Gasteiger partial charge in [0.25, 0.3) is 0 Å². The Morgan fingerprint density at radius 1 is 1.24 bits per heavy atom. The SMILES string of the molecule is O=C(O)c1ccc(CN2CCCC(C3CCCN3)C2)cc1. The molecule has 0 aromatic heterocycles. The zero-order valence-electron chi connectivity index (χ0n) is 12.4. The first-order chi connectivity index (χ1) is 10.2. The van der Waals surface area contributed by atoms with Crippen LogP contribution in [-0.4, -0.2) is 41.7 Å². The molecular weight excluding hydrogens is 264 g/mol. The molecule has 0 radical (unpaired) electrons. The van der Waals surface area contributed by atoms with Crippen LogP contribution in [0.15, 0.2) is 24.3 Å². The Hall–Kier alpha value is -1.39. The Morgan fingerprint density at radius 3 is 2.71 bits per heavy atom. The molecule has 2 fully saturated rings. The maximum Gasteiger partial charge on any atom is 0.335 e. The summed E-state index contributed by atoms with van der Waals surface area (Å²) in [6, 6.07) is 8.01. The Bertz CT molecular complexity index is 480. The fraction of sp³-hybridized carbons (Fsp3) is 0.588. The number of benzene rings is 1. The van der Waals surface area contributed by atoms with Crippen molar-refractivity contribution < 1.29 is 9.90 Å². The summed E-state index contributed by atoms with van der Waals surface area (Å²) in [4.78, 5) is 13.4. The third-order valence-electron chi connectivity index (χ3n) is 4.82. The third-order valence-corrected chi connectivity index (χ3v) is 4.82. The van der Waals surface area contributed by atoms with Crippen molar-refractivity contribution in [3.63, 3.8) is 0 Å². The molecule has 4 nitrogen and oxygen atoms in total. The van der Waals surface area contributed by atoms with Gasteiger partial charge < -0.3 is 10.4 Å². The Balaban J connectivity index is 1.57. The molecule has 21 heavy (non-hydrogen) atoms. The summed E-state index contributed by atoms with van der Waals surface area (Å²) in [5.41, 5.74) is 1.57. The second kappa shape index (κ2) is 6.58. The molecule has 2 saturated heterocycles. The molecule has 4 heteroatoms. The number of hydrogen-bond donors (Lipinski definition) is 2. The number of carboxylic acid groups (broad SMARTS) is 1. The number of hydrogen-bond acceptors (Lipinski definition) is 3. The normalized spacial score (nSPS) is 26.9. The first-order valence-electron chi connectivity index (χ1n) is 8.00. The zero-order chi connectivity index (χ0) is 14.7. The zero-order valence-corrected chi connectivity index (χ0v) is 12.4. The van der Waals surface area contributed by atoms with Crippen molar-refractivity contribution >= 4 is 5.97 Å². The van der Waals surface area contributed by atoms with Crippen molar-refractivity contribution in [3.8, 4) is 0 Å². The molecule has 114 valence electrons. The summed E-state index contributed by atoms with van der Waals surface area (Å²) in [6.07, 6.45) is 5.26. The molecule has 2 atom stereocenters. The maximum absolute atomic E-state index is 10.9. The topological polar surface area (TPSA) is 52.6 Å². The van der Waals surface area contributed by atoms with Gasteiger partial charge in [-0.2, -0.15) is 0 Å². The van der Waals surface area contributed by atoms with Crippen LogP contribution in [-0.2, 0) is 6.54 Å². The summed E-state index contributed by atoms with van der Waals surface area (Å²) in [7, 11) is 0. The molecule has 0 aliphatic carbocycles.